The molecule has 2 aliphatic rings. The summed E-state index contributed by atoms with van der Waals surface area (Å²) in [5.74, 6) is 1.59. The third kappa shape index (κ3) is 3.33. The average molecular weight is 369 g/mol. The van der Waals surface area contributed by atoms with E-state index in [0.717, 1.165) is 0 Å². The van der Waals surface area contributed by atoms with E-state index in [0.29, 0.717) is 41.7 Å². The van der Waals surface area contributed by atoms with Crippen molar-refractivity contribution >= 4 is 23.3 Å². The number of para-hydroxylation sites is 2. The second-order valence-corrected chi connectivity index (χ2v) is 6.14. The summed E-state index contributed by atoms with van der Waals surface area (Å²) in [6, 6.07) is 12.3. The second kappa shape index (κ2) is 7.06. The largest absolute Gasteiger partial charge is 0.495 e. The molecule has 8 nitrogen and oxygen atoms in total. The minimum atomic E-state index is -0.274. The molecular formula is C19H19N3O5. The molecule has 0 spiro atoms. The molecule has 3 amide bonds. The first-order chi connectivity index (χ1) is 13.2. The van der Waals surface area contributed by atoms with Gasteiger partial charge in [0.1, 0.15) is 12.3 Å². The van der Waals surface area contributed by atoms with E-state index in [2.05, 4.69) is 5.32 Å². The molecule has 2 heterocycles. The number of amides is 3. The van der Waals surface area contributed by atoms with Gasteiger partial charge in [0.25, 0.3) is 0 Å². The van der Waals surface area contributed by atoms with Crippen LogP contribution in [0, 0.1) is 0 Å². The zero-order chi connectivity index (χ0) is 18.8. The minimum absolute atomic E-state index is 0.0288. The quantitative estimate of drug-likeness (QED) is 0.875. The van der Waals surface area contributed by atoms with Crippen LogP contribution in [-0.4, -0.2) is 50.4 Å². The number of hydrogen-bond donors (Lipinski definition) is 1. The molecule has 0 atom stereocenters. The first kappa shape index (κ1) is 17.0. The van der Waals surface area contributed by atoms with E-state index < -0.39 is 0 Å². The molecule has 0 saturated carbocycles. The van der Waals surface area contributed by atoms with Crippen molar-refractivity contribution in [1.82, 2.24) is 4.90 Å². The van der Waals surface area contributed by atoms with Crippen molar-refractivity contribution in [1.29, 1.82) is 0 Å². The summed E-state index contributed by atoms with van der Waals surface area (Å²) in [7, 11) is 1.57. The topological polar surface area (TPSA) is 80.3 Å². The van der Waals surface area contributed by atoms with Gasteiger partial charge in [-0.3, -0.25) is 9.69 Å². The maximum absolute atomic E-state index is 12.7. The van der Waals surface area contributed by atoms with Crippen LogP contribution >= 0.6 is 0 Å². The Morgan fingerprint density at radius 1 is 1.15 bits per heavy atom. The van der Waals surface area contributed by atoms with Crippen molar-refractivity contribution in [3.8, 4) is 17.2 Å². The smallest absolute Gasteiger partial charge is 0.325 e. The van der Waals surface area contributed by atoms with Crippen LogP contribution in [0.3, 0.4) is 0 Å². The number of fused-ring (bicyclic) bond motifs is 1. The van der Waals surface area contributed by atoms with Crippen molar-refractivity contribution in [2.75, 3.05) is 43.8 Å². The van der Waals surface area contributed by atoms with Gasteiger partial charge in [0.15, 0.2) is 11.5 Å². The lowest BCUT2D eigenvalue weighted by molar-refractivity contribution is -0.116. The number of rotatable bonds is 5. The Hall–Kier alpha value is -3.42. The van der Waals surface area contributed by atoms with E-state index in [1.807, 2.05) is 18.2 Å². The summed E-state index contributed by atoms with van der Waals surface area (Å²) in [5, 5.41) is 2.78. The van der Waals surface area contributed by atoms with Gasteiger partial charge in [0.2, 0.25) is 12.7 Å². The van der Waals surface area contributed by atoms with Crippen LogP contribution in [0.1, 0.15) is 0 Å². The number of methoxy groups -OCH3 is 1. The second-order valence-electron chi connectivity index (χ2n) is 6.14. The molecule has 1 N–H and O–H groups in total. The maximum atomic E-state index is 12.7. The third-order valence-corrected chi connectivity index (χ3v) is 4.46. The van der Waals surface area contributed by atoms with Crippen molar-refractivity contribution in [2.45, 2.75) is 0 Å². The zero-order valence-electron chi connectivity index (χ0n) is 14.8. The average Bonchev–Trinajstić information content (AvgIpc) is 3.28. The Morgan fingerprint density at radius 2 is 1.96 bits per heavy atom. The van der Waals surface area contributed by atoms with Gasteiger partial charge in [-0.05, 0) is 24.3 Å². The lowest BCUT2D eigenvalue weighted by Crippen LogP contribution is -2.37. The predicted molar refractivity (Wildman–Crippen MR) is 98.5 cm³/mol. The summed E-state index contributed by atoms with van der Waals surface area (Å²) in [6.45, 7) is 1.11. The van der Waals surface area contributed by atoms with Crippen molar-refractivity contribution in [3.05, 3.63) is 42.5 Å². The van der Waals surface area contributed by atoms with Gasteiger partial charge >= 0.3 is 6.03 Å². The van der Waals surface area contributed by atoms with Crippen molar-refractivity contribution < 1.29 is 23.8 Å². The Bertz CT molecular complexity index is 885. The molecule has 2 aliphatic heterocycles. The molecule has 8 heteroatoms. The van der Waals surface area contributed by atoms with Crippen LogP contribution < -0.4 is 24.4 Å². The fourth-order valence-electron chi connectivity index (χ4n) is 3.15. The van der Waals surface area contributed by atoms with Crippen LogP contribution in [0.5, 0.6) is 17.2 Å². The van der Waals surface area contributed by atoms with Crippen molar-refractivity contribution in [2.24, 2.45) is 0 Å². The monoisotopic (exact) mass is 369 g/mol. The molecule has 0 unspecified atom stereocenters. The van der Waals surface area contributed by atoms with Crippen LogP contribution in [0.15, 0.2) is 42.5 Å². The van der Waals surface area contributed by atoms with E-state index in [1.165, 1.54) is 4.90 Å². The van der Waals surface area contributed by atoms with Crippen LogP contribution in [0.25, 0.3) is 0 Å². The molecule has 0 aromatic heterocycles. The number of benzene rings is 2. The molecule has 1 fully saturated rings. The Balaban J connectivity index is 1.40. The third-order valence-electron chi connectivity index (χ3n) is 4.46. The van der Waals surface area contributed by atoms with Gasteiger partial charge < -0.3 is 24.4 Å². The predicted octanol–water partition coefficient (Wildman–Crippen LogP) is 2.30. The normalized spacial score (nSPS) is 15.2. The van der Waals surface area contributed by atoms with E-state index in [4.69, 9.17) is 14.2 Å². The highest BCUT2D eigenvalue weighted by Gasteiger charge is 2.32. The van der Waals surface area contributed by atoms with Crippen LogP contribution in [0.4, 0.5) is 16.2 Å². The van der Waals surface area contributed by atoms with Gasteiger partial charge in [0, 0.05) is 24.8 Å². The van der Waals surface area contributed by atoms with Crippen LogP contribution in [-0.2, 0) is 4.79 Å². The fourth-order valence-corrected chi connectivity index (χ4v) is 3.15. The summed E-state index contributed by atoms with van der Waals surface area (Å²) >= 11 is 0. The number of carbonyl (C=O) groups excluding carboxylic acids is 2. The molecule has 27 heavy (non-hydrogen) atoms. The molecule has 1 saturated heterocycles. The fraction of sp³-hybridized carbons (Fsp3) is 0.263. The molecule has 0 radical (unpaired) electrons. The number of anilines is 2. The first-order valence-electron chi connectivity index (χ1n) is 8.54. The highest BCUT2D eigenvalue weighted by atomic mass is 16.7. The van der Waals surface area contributed by atoms with E-state index in [1.54, 1.807) is 36.3 Å². The number of ether oxygens (including phenoxy) is 3. The number of hydrogen-bond acceptors (Lipinski definition) is 5. The van der Waals surface area contributed by atoms with Crippen LogP contribution in [0.2, 0.25) is 0 Å². The molecule has 0 bridgehead atoms. The molecule has 140 valence electrons. The standard InChI is InChI=1S/C19H19N3O5/c1-25-15-5-3-2-4-14(15)22-9-8-21(19(22)24)11-18(23)20-13-6-7-16-17(10-13)27-12-26-16/h2-7,10H,8-9,11-12H2,1H3,(H,20,23). The summed E-state index contributed by atoms with van der Waals surface area (Å²) in [4.78, 5) is 28.2. The summed E-state index contributed by atoms with van der Waals surface area (Å²) in [5.41, 5.74) is 1.29. The zero-order valence-corrected chi connectivity index (χ0v) is 14.8. The maximum Gasteiger partial charge on any atom is 0.325 e. The van der Waals surface area contributed by atoms with Gasteiger partial charge in [-0.1, -0.05) is 12.1 Å². The van der Waals surface area contributed by atoms with E-state index in [9.17, 15) is 9.59 Å². The first-order valence-corrected chi connectivity index (χ1v) is 8.54. The van der Waals surface area contributed by atoms with E-state index in [-0.39, 0.29) is 25.3 Å². The Kier molecular flexibility index (Phi) is 4.45. The molecule has 4 rings (SSSR count). The Morgan fingerprint density at radius 3 is 2.81 bits per heavy atom. The van der Waals surface area contributed by atoms with E-state index >= 15 is 0 Å². The highest BCUT2D eigenvalue weighted by molar-refractivity contribution is 6.00. The van der Waals surface area contributed by atoms with Gasteiger partial charge in [-0.25, -0.2) is 4.79 Å². The van der Waals surface area contributed by atoms with Gasteiger partial charge in [0.05, 0.1) is 12.8 Å². The SMILES string of the molecule is COc1ccccc1N1CCN(CC(=O)Nc2ccc3c(c2)OCO3)C1=O. The highest BCUT2D eigenvalue weighted by Crippen LogP contribution is 2.34. The molecule has 2 aromatic carbocycles. The summed E-state index contributed by atoms with van der Waals surface area (Å²) in [6.07, 6.45) is 0. The molecule has 2 aromatic rings. The summed E-state index contributed by atoms with van der Waals surface area (Å²) < 4.78 is 15.9. The van der Waals surface area contributed by atoms with Gasteiger partial charge in [-0.15, -0.1) is 0 Å². The Labute approximate surface area is 156 Å². The van der Waals surface area contributed by atoms with Gasteiger partial charge in [-0.2, -0.15) is 0 Å². The number of nitrogens with one attached hydrogen (secondary N) is 1. The lowest BCUT2D eigenvalue weighted by atomic mass is 10.2. The number of urea groups is 1. The molecular weight excluding hydrogens is 350 g/mol. The minimum Gasteiger partial charge on any atom is -0.495 e. The number of carbonyl (C=O) groups is 2. The molecule has 0 aliphatic carbocycles. The number of nitrogens with zero attached hydrogens (tertiary/aromatic N) is 2. The van der Waals surface area contributed by atoms with Crippen molar-refractivity contribution in [3.63, 3.8) is 0 Å². The lowest BCUT2D eigenvalue weighted by Gasteiger charge is -2.20.